The first-order valence-corrected chi connectivity index (χ1v) is 8.01. The van der Waals surface area contributed by atoms with Gasteiger partial charge in [-0.1, -0.05) is 17.4 Å². The van der Waals surface area contributed by atoms with Crippen LogP contribution in [0.25, 0.3) is 10.2 Å². The molecule has 1 unspecified atom stereocenters. The van der Waals surface area contributed by atoms with Gasteiger partial charge in [0.2, 0.25) is 0 Å². The minimum absolute atomic E-state index is 0.0549. The molecule has 1 aromatic carbocycles. The van der Waals surface area contributed by atoms with Crippen LogP contribution in [0, 0.1) is 5.92 Å². The smallest absolute Gasteiger partial charge is 0.313 e. The van der Waals surface area contributed by atoms with Crippen molar-refractivity contribution in [3.8, 4) is 0 Å². The number of likely N-dealkylation sites (tertiary alicyclic amines) is 1. The predicted octanol–water partition coefficient (Wildman–Crippen LogP) is 2.14. The number of aryl methyl sites for hydroxylation is 1. The van der Waals surface area contributed by atoms with Gasteiger partial charge in [-0.15, -0.1) is 0 Å². The van der Waals surface area contributed by atoms with Crippen molar-refractivity contribution in [1.82, 2.24) is 9.47 Å². The molecule has 1 saturated heterocycles. The van der Waals surface area contributed by atoms with E-state index in [1.165, 1.54) is 0 Å². The fourth-order valence-electron chi connectivity index (χ4n) is 2.90. The highest BCUT2D eigenvalue weighted by molar-refractivity contribution is 7.16. The second kappa shape index (κ2) is 5.68. The van der Waals surface area contributed by atoms with Gasteiger partial charge in [-0.2, -0.15) is 0 Å². The minimum atomic E-state index is -3.16. The molecular weight excluding hydrogens is 326 g/mol. The first kappa shape index (κ1) is 16.1. The van der Waals surface area contributed by atoms with Crippen molar-refractivity contribution >= 4 is 27.5 Å². The Hall–Kier alpha value is -1.80. The van der Waals surface area contributed by atoms with Gasteiger partial charge in [-0.05, 0) is 17.7 Å². The molecule has 0 amide bonds. The number of hydrogen-bond acceptors (Lipinski definition) is 4. The molecule has 3 rings (SSSR count). The van der Waals surface area contributed by atoms with Crippen molar-refractivity contribution in [3.05, 3.63) is 33.4 Å². The molecule has 1 N–H and O–H groups in total. The molecule has 0 bridgehead atoms. The number of carboxylic acids is 1. The third-order valence-corrected chi connectivity index (χ3v) is 5.27. The highest BCUT2D eigenvalue weighted by Gasteiger charge is 2.48. The fraction of sp³-hybridized carbons (Fsp3) is 0.467. The summed E-state index contributed by atoms with van der Waals surface area (Å²) in [5, 5.41) is 8.99. The van der Waals surface area contributed by atoms with Crippen molar-refractivity contribution in [2.45, 2.75) is 18.9 Å². The average Bonchev–Trinajstić information content (AvgIpc) is 2.75. The fourth-order valence-corrected chi connectivity index (χ4v) is 3.84. The van der Waals surface area contributed by atoms with Gasteiger partial charge in [-0.25, -0.2) is 8.78 Å². The molecular formula is C15H16F2N2O3S. The normalized spacial score (nSPS) is 21.6. The molecule has 0 saturated carbocycles. The summed E-state index contributed by atoms with van der Waals surface area (Å²) >= 11 is 1.13. The molecule has 0 radical (unpaired) electrons. The number of benzene rings is 1. The highest BCUT2D eigenvalue weighted by atomic mass is 32.1. The topological polar surface area (TPSA) is 62.5 Å². The van der Waals surface area contributed by atoms with Crippen molar-refractivity contribution in [2.24, 2.45) is 13.0 Å². The number of alkyl halides is 2. The van der Waals surface area contributed by atoms with Gasteiger partial charge >= 0.3 is 10.8 Å². The van der Waals surface area contributed by atoms with E-state index in [0.717, 1.165) is 27.1 Å². The van der Waals surface area contributed by atoms with Crippen LogP contribution in [-0.2, 0) is 18.4 Å². The number of piperidine rings is 1. The number of hydrogen-bond donors (Lipinski definition) is 1. The molecule has 1 aromatic heterocycles. The van der Waals surface area contributed by atoms with Crippen molar-refractivity contribution in [3.63, 3.8) is 0 Å². The molecule has 0 aliphatic carbocycles. The largest absolute Gasteiger partial charge is 0.481 e. The van der Waals surface area contributed by atoms with Crippen LogP contribution in [0.2, 0.25) is 0 Å². The predicted molar refractivity (Wildman–Crippen MR) is 83.0 cm³/mol. The first-order chi connectivity index (χ1) is 10.8. The van der Waals surface area contributed by atoms with Gasteiger partial charge in [0.25, 0.3) is 5.92 Å². The number of aromatic nitrogens is 1. The zero-order chi connectivity index (χ0) is 16.8. The Balaban J connectivity index is 1.79. The summed E-state index contributed by atoms with van der Waals surface area (Å²) in [5.41, 5.74) is 1.71. The van der Waals surface area contributed by atoms with Gasteiger partial charge in [0.15, 0.2) is 0 Å². The monoisotopic (exact) mass is 342 g/mol. The van der Waals surface area contributed by atoms with Crippen LogP contribution in [0.5, 0.6) is 0 Å². The molecule has 2 heterocycles. The number of carbonyl (C=O) groups is 1. The Morgan fingerprint density at radius 1 is 1.48 bits per heavy atom. The van der Waals surface area contributed by atoms with E-state index in [-0.39, 0.29) is 18.0 Å². The minimum Gasteiger partial charge on any atom is -0.481 e. The highest BCUT2D eigenvalue weighted by Crippen LogP contribution is 2.34. The molecule has 23 heavy (non-hydrogen) atoms. The summed E-state index contributed by atoms with van der Waals surface area (Å²) in [7, 11) is 1.70. The zero-order valence-corrected chi connectivity index (χ0v) is 13.3. The molecule has 1 fully saturated rings. The first-order valence-electron chi connectivity index (χ1n) is 7.19. The number of thiazole rings is 1. The van der Waals surface area contributed by atoms with E-state index >= 15 is 0 Å². The van der Waals surface area contributed by atoms with Gasteiger partial charge < -0.3 is 9.67 Å². The maximum atomic E-state index is 13.6. The lowest BCUT2D eigenvalue weighted by Gasteiger charge is -2.36. The summed E-state index contributed by atoms with van der Waals surface area (Å²) in [5.74, 6) is -6.30. The van der Waals surface area contributed by atoms with E-state index in [1.807, 2.05) is 18.2 Å². The van der Waals surface area contributed by atoms with Crippen LogP contribution in [0.15, 0.2) is 23.0 Å². The second-order valence-corrected chi connectivity index (χ2v) is 6.86. The summed E-state index contributed by atoms with van der Waals surface area (Å²) in [6.07, 6.45) is -0.453. The van der Waals surface area contributed by atoms with E-state index in [9.17, 15) is 18.4 Å². The Morgan fingerprint density at radius 2 is 2.22 bits per heavy atom. The van der Waals surface area contributed by atoms with E-state index in [4.69, 9.17) is 5.11 Å². The van der Waals surface area contributed by atoms with E-state index in [2.05, 4.69) is 0 Å². The third-order valence-electron chi connectivity index (χ3n) is 4.27. The van der Waals surface area contributed by atoms with Crippen LogP contribution in [0.1, 0.15) is 12.0 Å². The van der Waals surface area contributed by atoms with Crippen molar-refractivity contribution < 1.29 is 18.7 Å². The molecule has 2 aromatic rings. The molecule has 1 aliphatic heterocycles. The summed E-state index contributed by atoms with van der Waals surface area (Å²) in [4.78, 5) is 24.4. The SMILES string of the molecule is Cn1c(=O)sc2cc(CN3CCC(F)(F)C(C(=O)O)C3)ccc21. The summed E-state index contributed by atoms with van der Waals surface area (Å²) in [6, 6.07) is 5.54. The molecule has 5 nitrogen and oxygen atoms in total. The quantitative estimate of drug-likeness (QED) is 0.928. The Bertz CT molecular complexity index is 815. The number of halogens is 2. The zero-order valence-electron chi connectivity index (χ0n) is 12.5. The van der Waals surface area contributed by atoms with Crippen molar-refractivity contribution in [1.29, 1.82) is 0 Å². The lowest BCUT2D eigenvalue weighted by Crippen LogP contribution is -2.49. The van der Waals surface area contributed by atoms with E-state index in [0.29, 0.717) is 6.54 Å². The number of aliphatic carboxylic acids is 1. The number of carboxylic acid groups (broad SMARTS) is 1. The van der Waals surface area contributed by atoms with Crippen LogP contribution < -0.4 is 4.87 Å². The average molecular weight is 342 g/mol. The lowest BCUT2D eigenvalue weighted by atomic mass is 9.93. The van der Waals surface area contributed by atoms with Crippen LogP contribution >= 0.6 is 11.3 Å². The molecule has 124 valence electrons. The van der Waals surface area contributed by atoms with Gasteiger partial charge in [0.05, 0.1) is 10.2 Å². The van der Waals surface area contributed by atoms with Crippen LogP contribution in [-0.4, -0.2) is 39.6 Å². The van der Waals surface area contributed by atoms with Gasteiger partial charge in [0.1, 0.15) is 5.92 Å². The molecule has 8 heteroatoms. The maximum absolute atomic E-state index is 13.6. The third kappa shape index (κ3) is 3.00. The van der Waals surface area contributed by atoms with Crippen LogP contribution in [0.3, 0.4) is 0 Å². The second-order valence-electron chi connectivity index (χ2n) is 5.87. The van der Waals surface area contributed by atoms with Crippen molar-refractivity contribution in [2.75, 3.05) is 13.1 Å². The van der Waals surface area contributed by atoms with E-state index in [1.54, 1.807) is 16.5 Å². The Labute approximate surface area is 134 Å². The molecule has 0 spiro atoms. The Kier molecular flexibility index (Phi) is 3.97. The summed E-state index contributed by atoms with van der Waals surface area (Å²) < 4.78 is 29.7. The Morgan fingerprint density at radius 3 is 2.91 bits per heavy atom. The molecule has 1 aliphatic rings. The van der Waals surface area contributed by atoms with Crippen LogP contribution in [0.4, 0.5) is 8.78 Å². The standard InChI is InChI=1S/C15H16F2N2O3S/c1-18-11-3-2-9(6-12(11)23-14(18)22)7-19-5-4-15(16,17)10(8-19)13(20)21/h2-3,6,10H,4-5,7-8H2,1H3,(H,20,21). The number of fused-ring (bicyclic) bond motifs is 1. The maximum Gasteiger partial charge on any atom is 0.313 e. The van der Waals surface area contributed by atoms with Gasteiger partial charge in [-0.3, -0.25) is 14.5 Å². The van der Waals surface area contributed by atoms with E-state index < -0.39 is 24.2 Å². The summed E-state index contributed by atoms with van der Waals surface area (Å²) in [6.45, 7) is 0.372. The number of rotatable bonds is 3. The number of nitrogens with zero attached hydrogens (tertiary/aromatic N) is 2. The molecule has 1 atom stereocenters. The van der Waals surface area contributed by atoms with Gasteiger partial charge in [0, 0.05) is 33.1 Å². The lowest BCUT2D eigenvalue weighted by molar-refractivity contribution is -0.167.